The van der Waals surface area contributed by atoms with Crippen molar-refractivity contribution in [3.63, 3.8) is 0 Å². The number of carbonyl (C=O) groups is 1. The molecule has 0 aromatic heterocycles. The molecule has 0 bridgehead atoms. The first-order valence-corrected chi connectivity index (χ1v) is 13.8. The lowest BCUT2D eigenvalue weighted by molar-refractivity contribution is -0.123. The van der Waals surface area contributed by atoms with Crippen LogP contribution in [-0.4, -0.2) is 65.8 Å². The van der Waals surface area contributed by atoms with E-state index >= 15 is 0 Å². The first-order chi connectivity index (χ1) is 13.1. The van der Waals surface area contributed by atoms with Gasteiger partial charge in [0.05, 0.1) is 33.3 Å². The van der Waals surface area contributed by atoms with Gasteiger partial charge in [0.2, 0.25) is 26.0 Å². The van der Waals surface area contributed by atoms with E-state index in [0.29, 0.717) is 0 Å². The van der Waals surface area contributed by atoms with Crippen molar-refractivity contribution in [1.82, 2.24) is 4.31 Å². The van der Waals surface area contributed by atoms with Gasteiger partial charge in [0.15, 0.2) is 9.84 Å². The van der Waals surface area contributed by atoms with Crippen LogP contribution in [0.4, 0.5) is 5.69 Å². The summed E-state index contributed by atoms with van der Waals surface area (Å²) in [5.41, 5.74) is -0.711. The summed E-state index contributed by atoms with van der Waals surface area (Å²) in [6, 6.07) is 3.25. The molecule has 0 unspecified atom stereocenters. The Balaban J connectivity index is 1.97. The molecule has 2 fully saturated rings. The zero-order valence-corrected chi connectivity index (χ0v) is 19.1. The van der Waals surface area contributed by atoms with E-state index in [1.54, 1.807) is 13.8 Å². The Bertz CT molecular complexity index is 1190. The molecule has 29 heavy (non-hydrogen) atoms. The molecular formula is C17H24N2O7S3. The summed E-state index contributed by atoms with van der Waals surface area (Å²) in [7, 11) is -9.76. The van der Waals surface area contributed by atoms with Crippen molar-refractivity contribution < 1.29 is 30.0 Å². The highest BCUT2D eigenvalue weighted by atomic mass is 32.2. The number of nitrogens with zero attached hydrogens (tertiary/aromatic N) is 2. The topological polar surface area (TPSA) is 126 Å². The van der Waals surface area contributed by atoms with Crippen molar-refractivity contribution in [3.8, 4) is 0 Å². The van der Waals surface area contributed by atoms with Crippen molar-refractivity contribution in [2.24, 2.45) is 5.41 Å². The molecule has 1 aromatic rings. The number of anilines is 1. The fourth-order valence-electron chi connectivity index (χ4n) is 3.72. The molecule has 0 spiro atoms. The van der Waals surface area contributed by atoms with Gasteiger partial charge < -0.3 is 0 Å². The summed E-state index contributed by atoms with van der Waals surface area (Å²) in [5.74, 6) is -1.17. The molecule has 2 saturated heterocycles. The third kappa shape index (κ3) is 3.82. The molecule has 0 saturated carbocycles. The number of rotatable bonds is 4. The predicted octanol–water partition coefficient (Wildman–Crippen LogP) is 0.505. The van der Waals surface area contributed by atoms with E-state index in [2.05, 4.69) is 0 Å². The smallest absolute Gasteiger partial charge is 0.247 e. The largest absolute Gasteiger partial charge is 0.273 e. The zero-order valence-electron chi connectivity index (χ0n) is 16.6. The number of benzene rings is 1. The fraction of sp³-hybridized carbons (Fsp3) is 0.588. The summed E-state index contributed by atoms with van der Waals surface area (Å²) in [4.78, 5) is 12.5. The Hall–Kier alpha value is -1.50. The maximum atomic E-state index is 13.0. The van der Waals surface area contributed by atoms with Gasteiger partial charge in [-0.05, 0) is 51.0 Å². The van der Waals surface area contributed by atoms with Gasteiger partial charge in [-0.25, -0.2) is 29.6 Å². The molecule has 3 rings (SSSR count). The molecular weight excluding hydrogens is 440 g/mol. The first kappa shape index (κ1) is 22.2. The van der Waals surface area contributed by atoms with Crippen LogP contribution in [0, 0.1) is 12.3 Å². The van der Waals surface area contributed by atoms with Gasteiger partial charge in [-0.1, -0.05) is 0 Å². The van der Waals surface area contributed by atoms with Gasteiger partial charge in [-0.3, -0.25) is 4.79 Å². The minimum Gasteiger partial charge on any atom is -0.273 e. The molecule has 9 nitrogen and oxygen atoms in total. The number of carbonyl (C=O) groups excluding carboxylic acids is 1. The average Bonchev–Trinajstić information content (AvgIpc) is 2.99. The molecule has 2 aliphatic heterocycles. The molecule has 1 atom stereocenters. The van der Waals surface area contributed by atoms with Crippen LogP contribution in [0.15, 0.2) is 23.1 Å². The number of aryl methyl sites for hydroxylation is 1. The van der Waals surface area contributed by atoms with Gasteiger partial charge >= 0.3 is 0 Å². The van der Waals surface area contributed by atoms with E-state index in [4.69, 9.17) is 0 Å². The van der Waals surface area contributed by atoms with E-state index in [1.807, 2.05) is 0 Å². The molecule has 12 heteroatoms. The number of hydrogen-bond acceptors (Lipinski definition) is 7. The molecule has 162 valence electrons. The SMILES string of the molecule is Cc1cc(N2C(=O)C(C)(C)CS2(=O)=O)ccc1S(=O)(=O)N(C)[C@H]1CCS(=O)(=O)C1. The zero-order chi connectivity index (χ0) is 22.0. The Morgan fingerprint density at radius 1 is 1.17 bits per heavy atom. The average molecular weight is 465 g/mol. The maximum absolute atomic E-state index is 13.0. The molecule has 2 heterocycles. The normalized spacial score (nSPS) is 25.6. The Kier molecular flexibility index (Phi) is 5.17. The Labute approximate surface area is 171 Å². The molecule has 1 amide bonds. The van der Waals surface area contributed by atoms with E-state index in [9.17, 15) is 30.0 Å². The lowest BCUT2D eigenvalue weighted by atomic mass is 9.95. The highest BCUT2D eigenvalue weighted by molar-refractivity contribution is 7.94. The number of sulfonamides is 2. The number of sulfone groups is 1. The van der Waals surface area contributed by atoms with Crippen molar-refractivity contribution in [2.45, 2.75) is 38.1 Å². The van der Waals surface area contributed by atoms with E-state index < -0.39 is 47.2 Å². The second-order valence-electron chi connectivity index (χ2n) is 8.24. The molecule has 0 aliphatic carbocycles. The highest BCUT2D eigenvalue weighted by Crippen LogP contribution is 2.37. The molecule has 0 radical (unpaired) electrons. The second-order valence-corrected chi connectivity index (χ2v) is 14.2. The van der Waals surface area contributed by atoms with Crippen LogP contribution in [0.1, 0.15) is 25.8 Å². The van der Waals surface area contributed by atoms with Crippen LogP contribution in [0.3, 0.4) is 0 Å². The van der Waals surface area contributed by atoms with E-state index in [-0.39, 0.29) is 39.8 Å². The van der Waals surface area contributed by atoms with Gasteiger partial charge in [0.1, 0.15) is 0 Å². The van der Waals surface area contributed by atoms with Crippen molar-refractivity contribution in [2.75, 3.05) is 28.6 Å². The van der Waals surface area contributed by atoms with Gasteiger partial charge in [0.25, 0.3) is 0 Å². The minimum absolute atomic E-state index is 0.0554. The third-order valence-corrected chi connectivity index (χ3v) is 11.2. The lowest BCUT2D eigenvalue weighted by Gasteiger charge is -2.24. The standard InChI is InChI=1S/C17H24N2O7S3/c1-12-9-13(19-16(20)17(2,3)11-28(19,23)24)5-6-15(12)29(25,26)18(4)14-7-8-27(21,22)10-14/h5-6,9,14H,7-8,10-11H2,1-4H3/t14-/m0/s1. The van der Waals surface area contributed by atoms with E-state index in [1.165, 1.54) is 32.2 Å². The summed E-state index contributed by atoms with van der Waals surface area (Å²) in [5, 5.41) is 0. The first-order valence-electron chi connectivity index (χ1n) is 8.95. The monoisotopic (exact) mass is 464 g/mol. The fourth-order valence-corrected chi connectivity index (χ4v) is 9.28. The van der Waals surface area contributed by atoms with Crippen LogP contribution in [0.5, 0.6) is 0 Å². The molecule has 0 N–H and O–H groups in total. The highest BCUT2D eigenvalue weighted by Gasteiger charge is 2.50. The summed E-state index contributed by atoms with van der Waals surface area (Å²) < 4.78 is 76.1. The van der Waals surface area contributed by atoms with Crippen molar-refractivity contribution in [3.05, 3.63) is 23.8 Å². The summed E-state index contributed by atoms with van der Waals surface area (Å²) in [6.07, 6.45) is 0.227. The van der Waals surface area contributed by atoms with Crippen LogP contribution >= 0.6 is 0 Å². The van der Waals surface area contributed by atoms with Crippen LogP contribution in [-0.2, 0) is 34.7 Å². The third-order valence-electron chi connectivity index (χ3n) is 5.36. The summed E-state index contributed by atoms with van der Waals surface area (Å²) >= 11 is 0. The lowest BCUT2D eigenvalue weighted by Crippen LogP contribution is -2.38. The maximum Gasteiger partial charge on any atom is 0.247 e. The minimum atomic E-state index is -3.99. The number of hydrogen-bond donors (Lipinski definition) is 0. The van der Waals surface area contributed by atoms with Crippen molar-refractivity contribution >= 4 is 41.5 Å². The second kappa shape index (κ2) is 6.76. The Morgan fingerprint density at radius 3 is 2.24 bits per heavy atom. The quantitative estimate of drug-likeness (QED) is 0.635. The van der Waals surface area contributed by atoms with E-state index in [0.717, 1.165) is 8.61 Å². The van der Waals surface area contributed by atoms with Crippen molar-refractivity contribution in [1.29, 1.82) is 0 Å². The molecule has 1 aromatic carbocycles. The van der Waals surface area contributed by atoms with Crippen LogP contribution in [0.25, 0.3) is 0 Å². The number of amides is 1. The predicted molar refractivity (Wildman–Crippen MR) is 108 cm³/mol. The van der Waals surface area contributed by atoms with Gasteiger partial charge in [-0.15, -0.1) is 0 Å². The Morgan fingerprint density at radius 2 is 1.79 bits per heavy atom. The van der Waals surface area contributed by atoms with Crippen LogP contribution < -0.4 is 4.31 Å². The van der Waals surface area contributed by atoms with Gasteiger partial charge in [-0.2, -0.15) is 4.31 Å². The van der Waals surface area contributed by atoms with Gasteiger partial charge in [0, 0.05) is 13.1 Å². The summed E-state index contributed by atoms with van der Waals surface area (Å²) in [6.45, 7) is 4.60. The molecule has 2 aliphatic rings. The van der Waals surface area contributed by atoms with Crippen LogP contribution in [0.2, 0.25) is 0 Å².